The second kappa shape index (κ2) is 7.40. The van der Waals surface area contributed by atoms with Crippen LogP contribution in [0.25, 0.3) is 0 Å². The molecular weight excluding hydrogens is 276 g/mol. The molecule has 5 heteroatoms. The lowest BCUT2D eigenvalue weighted by atomic mass is 10.2. The van der Waals surface area contributed by atoms with Gasteiger partial charge in [0.05, 0.1) is 12.7 Å². The molecule has 20 heavy (non-hydrogen) atoms. The highest BCUT2D eigenvalue weighted by molar-refractivity contribution is 5.97. The zero-order valence-corrected chi connectivity index (χ0v) is 11.9. The molecule has 2 aromatic rings. The van der Waals surface area contributed by atoms with Crippen LogP contribution in [-0.2, 0) is 6.61 Å². The quantitative estimate of drug-likeness (QED) is 0.657. The van der Waals surface area contributed by atoms with E-state index in [1.165, 1.54) is 0 Å². The van der Waals surface area contributed by atoms with Gasteiger partial charge >= 0.3 is 0 Å². The minimum Gasteiger partial charge on any atom is -0.496 e. The molecule has 0 heterocycles. The number of benzene rings is 2. The molecule has 0 saturated heterocycles. The number of nitrogen functional groups attached to an aromatic ring is 1. The lowest BCUT2D eigenvalue weighted by molar-refractivity contribution is 0.296. The normalized spacial score (nSPS) is 9.45. The third-order valence-corrected chi connectivity index (χ3v) is 2.75. The van der Waals surface area contributed by atoms with E-state index in [1.54, 1.807) is 19.2 Å². The average Bonchev–Trinajstić information content (AvgIpc) is 2.45. The summed E-state index contributed by atoms with van der Waals surface area (Å²) in [6.07, 6.45) is 0. The Labute approximate surface area is 124 Å². The van der Waals surface area contributed by atoms with E-state index in [0.29, 0.717) is 17.9 Å². The molecule has 0 aliphatic rings. The van der Waals surface area contributed by atoms with Crippen LogP contribution >= 0.6 is 12.4 Å². The van der Waals surface area contributed by atoms with Crippen LogP contribution in [0.15, 0.2) is 48.5 Å². The fraction of sp³-hybridized carbons (Fsp3) is 0.133. The maximum atomic E-state index is 7.51. The summed E-state index contributed by atoms with van der Waals surface area (Å²) in [6, 6.07) is 14.9. The van der Waals surface area contributed by atoms with Crippen molar-refractivity contribution in [1.29, 1.82) is 5.41 Å². The van der Waals surface area contributed by atoms with Crippen molar-refractivity contribution < 1.29 is 9.47 Å². The Bertz CT molecular complexity index is 588. The summed E-state index contributed by atoms with van der Waals surface area (Å²) >= 11 is 0. The first-order chi connectivity index (χ1) is 9.22. The molecule has 0 aliphatic heterocycles. The summed E-state index contributed by atoms with van der Waals surface area (Å²) in [5.74, 6) is 1.37. The first-order valence-corrected chi connectivity index (χ1v) is 5.90. The van der Waals surface area contributed by atoms with Crippen molar-refractivity contribution in [3.05, 3.63) is 59.7 Å². The summed E-state index contributed by atoms with van der Waals surface area (Å²) in [5, 5.41) is 7.51. The third kappa shape index (κ3) is 3.65. The lowest BCUT2D eigenvalue weighted by Crippen LogP contribution is -2.13. The van der Waals surface area contributed by atoms with E-state index in [1.807, 2.05) is 36.4 Å². The number of hydrogen-bond acceptors (Lipinski definition) is 3. The van der Waals surface area contributed by atoms with E-state index >= 15 is 0 Å². The zero-order chi connectivity index (χ0) is 13.7. The predicted octanol–water partition coefficient (Wildman–Crippen LogP) is 2.98. The van der Waals surface area contributed by atoms with Gasteiger partial charge in [0.15, 0.2) is 0 Å². The van der Waals surface area contributed by atoms with Crippen molar-refractivity contribution >= 4 is 18.2 Å². The van der Waals surface area contributed by atoms with Crippen LogP contribution in [0.4, 0.5) is 0 Å². The molecular formula is C15H17ClN2O2. The SMILES string of the molecule is COc1ccccc1COc1ccccc1C(=N)N.Cl. The van der Waals surface area contributed by atoms with Crippen molar-refractivity contribution in [1.82, 2.24) is 0 Å². The molecule has 0 saturated carbocycles. The molecule has 0 aromatic heterocycles. The molecule has 0 unspecified atom stereocenters. The Hall–Kier alpha value is -2.20. The monoisotopic (exact) mass is 292 g/mol. The van der Waals surface area contributed by atoms with Crippen molar-refractivity contribution in [2.75, 3.05) is 7.11 Å². The topological polar surface area (TPSA) is 68.3 Å². The lowest BCUT2D eigenvalue weighted by Gasteiger charge is -2.12. The minimum atomic E-state index is -0.00405. The summed E-state index contributed by atoms with van der Waals surface area (Å²) in [4.78, 5) is 0. The van der Waals surface area contributed by atoms with E-state index < -0.39 is 0 Å². The van der Waals surface area contributed by atoms with Gasteiger partial charge in [0.25, 0.3) is 0 Å². The largest absolute Gasteiger partial charge is 0.496 e. The summed E-state index contributed by atoms with van der Waals surface area (Å²) < 4.78 is 11.0. The van der Waals surface area contributed by atoms with Crippen molar-refractivity contribution in [3.8, 4) is 11.5 Å². The van der Waals surface area contributed by atoms with Crippen LogP contribution in [0.1, 0.15) is 11.1 Å². The Morgan fingerprint density at radius 2 is 1.65 bits per heavy atom. The summed E-state index contributed by atoms with van der Waals surface area (Å²) in [7, 11) is 1.63. The van der Waals surface area contributed by atoms with Crippen LogP contribution in [0.2, 0.25) is 0 Å². The van der Waals surface area contributed by atoms with E-state index in [-0.39, 0.29) is 18.2 Å². The molecule has 0 bridgehead atoms. The maximum Gasteiger partial charge on any atom is 0.130 e. The summed E-state index contributed by atoms with van der Waals surface area (Å²) in [6.45, 7) is 0.369. The fourth-order valence-electron chi connectivity index (χ4n) is 1.79. The van der Waals surface area contributed by atoms with Crippen LogP contribution in [0, 0.1) is 5.41 Å². The van der Waals surface area contributed by atoms with Gasteiger partial charge in [0.2, 0.25) is 0 Å². The first-order valence-electron chi connectivity index (χ1n) is 5.90. The number of amidine groups is 1. The molecule has 106 valence electrons. The fourth-order valence-corrected chi connectivity index (χ4v) is 1.79. The van der Waals surface area contributed by atoms with Gasteiger partial charge in [-0.1, -0.05) is 30.3 Å². The zero-order valence-electron chi connectivity index (χ0n) is 11.1. The molecule has 3 N–H and O–H groups in total. The van der Waals surface area contributed by atoms with Crippen LogP contribution < -0.4 is 15.2 Å². The van der Waals surface area contributed by atoms with Gasteiger partial charge < -0.3 is 15.2 Å². The van der Waals surface area contributed by atoms with E-state index in [9.17, 15) is 0 Å². The van der Waals surface area contributed by atoms with E-state index in [2.05, 4.69) is 0 Å². The van der Waals surface area contributed by atoms with E-state index in [0.717, 1.165) is 11.3 Å². The van der Waals surface area contributed by atoms with E-state index in [4.69, 9.17) is 20.6 Å². The molecule has 4 nitrogen and oxygen atoms in total. The Morgan fingerprint density at radius 1 is 1.05 bits per heavy atom. The Balaban J connectivity index is 0.00000200. The van der Waals surface area contributed by atoms with Crippen LogP contribution in [0.5, 0.6) is 11.5 Å². The number of nitrogens with one attached hydrogen (secondary N) is 1. The number of nitrogens with two attached hydrogens (primary N) is 1. The van der Waals surface area contributed by atoms with Crippen LogP contribution in [-0.4, -0.2) is 12.9 Å². The van der Waals surface area contributed by atoms with Gasteiger partial charge in [-0.15, -0.1) is 12.4 Å². The first kappa shape index (κ1) is 15.9. The van der Waals surface area contributed by atoms with Crippen LogP contribution in [0.3, 0.4) is 0 Å². The molecule has 0 amide bonds. The minimum absolute atomic E-state index is 0. The number of hydrogen-bond donors (Lipinski definition) is 2. The molecule has 2 rings (SSSR count). The summed E-state index contributed by atoms with van der Waals surface area (Å²) in [5.41, 5.74) is 7.06. The molecule has 0 fully saturated rings. The number of methoxy groups -OCH3 is 1. The van der Waals surface area contributed by atoms with Gasteiger partial charge in [-0.25, -0.2) is 0 Å². The maximum absolute atomic E-state index is 7.51. The van der Waals surface area contributed by atoms with Crippen molar-refractivity contribution in [3.63, 3.8) is 0 Å². The highest BCUT2D eigenvalue weighted by Crippen LogP contribution is 2.22. The second-order valence-electron chi connectivity index (χ2n) is 4.01. The molecule has 0 atom stereocenters. The highest BCUT2D eigenvalue weighted by Gasteiger charge is 2.07. The van der Waals surface area contributed by atoms with Crippen molar-refractivity contribution in [2.24, 2.45) is 5.73 Å². The number of para-hydroxylation sites is 2. The smallest absolute Gasteiger partial charge is 0.130 e. The molecule has 0 aliphatic carbocycles. The van der Waals surface area contributed by atoms with Gasteiger partial charge in [-0.3, -0.25) is 5.41 Å². The average molecular weight is 293 g/mol. The Morgan fingerprint density at radius 3 is 2.30 bits per heavy atom. The molecule has 2 aromatic carbocycles. The highest BCUT2D eigenvalue weighted by atomic mass is 35.5. The number of rotatable bonds is 5. The molecule has 0 radical (unpaired) electrons. The second-order valence-corrected chi connectivity index (χ2v) is 4.01. The standard InChI is InChI=1S/C15H16N2O2.ClH/c1-18-13-8-4-2-6-11(13)10-19-14-9-5-3-7-12(14)15(16)17;/h2-9H,10H2,1H3,(H3,16,17);1H. The van der Waals surface area contributed by atoms with Gasteiger partial charge in [-0.05, 0) is 18.2 Å². The van der Waals surface area contributed by atoms with Gasteiger partial charge in [0, 0.05) is 5.56 Å². The van der Waals surface area contributed by atoms with Gasteiger partial charge in [0.1, 0.15) is 23.9 Å². The van der Waals surface area contributed by atoms with Crippen molar-refractivity contribution in [2.45, 2.75) is 6.61 Å². The predicted molar refractivity (Wildman–Crippen MR) is 82.0 cm³/mol. The molecule has 0 spiro atoms. The van der Waals surface area contributed by atoms with Gasteiger partial charge in [-0.2, -0.15) is 0 Å². The number of halogens is 1. The number of ether oxygens (including phenoxy) is 2. The Kier molecular flexibility index (Phi) is 5.87. The third-order valence-electron chi connectivity index (χ3n) is 2.75.